The van der Waals surface area contributed by atoms with Crippen molar-refractivity contribution < 1.29 is 9.13 Å². The summed E-state index contributed by atoms with van der Waals surface area (Å²) in [6.07, 6.45) is 1.67. The van der Waals surface area contributed by atoms with Crippen LogP contribution in [0.2, 0.25) is 0 Å². The zero-order valence-electron chi connectivity index (χ0n) is 12.3. The lowest BCUT2D eigenvalue weighted by Gasteiger charge is -2.13. The average Bonchev–Trinajstić information content (AvgIpc) is 2.43. The van der Waals surface area contributed by atoms with E-state index in [9.17, 15) is 4.39 Å². The summed E-state index contributed by atoms with van der Waals surface area (Å²) in [5, 5.41) is 3.32. The lowest BCUT2D eigenvalue weighted by Crippen LogP contribution is -2.22. The van der Waals surface area contributed by atoms with Crippen LogP contribution in [0.15, 0.2) is 34.9 Å². The van der Waals surface area contributed by atoms with E-state index in [2.05, 4.69) is 40.1 Å². The highest BCUT2D eigenvalue weighted by Crippen LogP contribution is 2.26. The molecule has 1 heterocycles. The third-order valence-corrected chi connectivity index (χ3v) is 3.38. The first-order valence-corrected chi connectivity index (χ1v) is 7.57. The predicted octanol–water partition coefficient (Wildman–Crippen LogP) is 4.58. The van der Waals surface area contributed by atoms with Crippen LogP contribution < -0.4 is 10.1 Å². The SMILES string of the molecule is Cc1ccc(Oc2ncc(Br)cc2CNC(C)C)cc1F. The van der Waals surface area contributed by atoms with Gasteiger partial charge in [-0.2, -0.15) is 0 Å². The Morgan fingerprint density at radius 2 is 2.10 bits per heavy atom. The summed E-state index contributed by atoms with van der Waals surface area (Å²) < 4.78 is 20.2. The Labute approximate surface area is 132 Å². The van der Waals surface area contributed by atoms with E-state index in [0.717, 1.165) is 10.0 Å². The van der Waals surface area contributed by atoms with Gasteiger partial charge in [0.05, 0.1) is 0 Å². The normalized spacial score (nSPS) is 11.0. The van der Waals surface area contributed by atoms with E-state index in [0.29, 0.717) is 29.8 Å². The molecule has 0 fully saturated rings. The van der Waals surface area contributed by atoms with Crippen LogP contribution >= 0.6 is 15.9 Å². The number of benzene rings is 1. The van der Waals surface area contributed by atoms with E-state index >= 15 is 0 Å². The molecule has 2 rings (SSSR count). The number of rotatable bonds is 5. The summed E-state index contributed by atoms with van der Waals surface area (Å²) in [5.41, 5.74) is 1.51. The fourth-order valence-electron chi connectivity index (χ4n) is 1.75. The molecule has 0 unspecified atom stereocenters. The molecule has 0 aliphatic rings. The van der Waals surface area contributed by atoms with Crippen LogP contribution in [-0.2, 0) is 6.54 Å². The number of ether oxygens (including phenoxy) is 1. The molecular formula is C16H18BrFN2O. The molecule has 3 nitrogen and oxygen atoms in total. The maximum Gasteiger partial charge on any atom is 0.223 e. The van der Waals surface area contributed by atoms with Gasteiger partial charge in [0.1, 0.15) is 11.6 Å². The Morgan fingerprint density at radius 3 is 2.76 bits per heavy atom. The third-order valence-electron chi connectivity index (χ3n) is 2.95. The second kappa shape index (κ2) is 7.00. The maximum atomic E-state index is 13.6. The van der Waals surface area contributed by atoms with Crippen molar-refractivity contribution in [2.45, 2.75) is 33.4 Å². The smallest absolute Gasteiger partial charge is 0.223 e. The monoisotopic (exact) mass is 352 g/mol. The lowest BCUT2D eigenvalue weighted by atomic mass is 10.2. The first kappa shape index (κ1) is 15.9. The Hall–Kier alpha value is -1.46. The molecule has 5 heteroatoms. The first-order chi connectivity index (χ1) is 9.95. The van der Waals surface area contributed by atoms with Crippen molar-refractivity contribution in [2.24, 2.45) is 0 Å². The van der Waals surface area contributed by atoms with Crippen LogP contribution in [0, 0.1) is 12.7 Å². The van der Waals surface area contributed by atoms with E-state index in [4.69, 9.17) is 4.74 Å². The predicted molar refractivity (Wildman–Crippen MR) is 85.1 cm³/mol. The zero-order chi connectivity index (χ0) is 15.4. The quantitative estimate of drug-likeness (QED) is 0.854. The first-order valence-electron chi connectivity index (χ1n) is 6.77. The molecule has 1 aromatic carbocycles. The number of pyridine rings is 1. The fourth-order valence-corrected chi connectivity index (χ4v) is 2.13. The van der Waals surface area contributed by atoms with Gasteiger partial charge in [0.15, 0.2) is 0 Å². The summed E-state index contributed by atoms with van der Waals surface area (Å²) in [6, 6.07) is 7.10. The van der Waals surface area contributed by atoms with E-state index in [1.807, 2.05) is 6.07 Å². The van der Waals surface area contributed by atoms with Gasteiger partial charge in [-0.3, -0.25) is 0 Å². The van der Waals surface area contributed by atoms with E-state index in [-0.39, 0.29) is 5.82 Å². The number of aryl methyl sites for hydroxylation is 1. The van der Waals surface area contributed by atoms with Gasteiger partial charge in [-0.1, -0.05) is 19.9 Å². The topological polar surface area (TPSA) is 34.1 Å². The Balaban J connectivity index is 2.23. The molecule has 2 aromatic rings. The van der Waals surface area contributed by atoms with Gasteiger partial charge >= 0.3 is 0 Å². The van der Waals surface area contributed by atoms with Gasteiger partial charge in [-0.15, -0.1) is 0 Å². The molecule has 112 valence electrons. The molecule has 0 amide bonds. The standard InChI is InChI=1S/C16H18BrFN2O/c1-10(2)19-8-12-6-13(17)9-20-16(12)21-14-5-4-11(3)15(18)7-14/h4-7,9-10,19H,8H2,1-3H3. The summed E-state index contributed by atoms with van der Waals surface area (Å²) >= 11 is 3.40. The average molecular weight is 353 g/mol. The van der Waals surface area contributed by atoms with Gasteiger partial charge < -0.3 is 10.1 Å². The largest absolute Gasteiger partial charge is 0.439 e. The number of aromatic nitrogens is 1. The number of hydrogen-bond donors (Lipinski definition) is 1. The summed E-state index contributed by atoms with van der Waals surface area (Å²) in [6.45, 7) is 6.49. The highest BCUT2D eigenvalue weighted by Gasteiger charge is 2.09. The van der Waals surface area contributed by atoms with Gasteiger partial charge in [0, 0.05) is 34.9 Å². The number of halogens is 2. The minimum atomic E-state index is -0.286. The van der Waals surface area contributed by atoms with Crippen LogP contribution in [0.5, 0.6) is 11.6 Å². The van der Waals surface area contributed by atoms with Crippen molar-refractivity contribution in [2.75, 3.05) is 0 Å². The summed E-state index contributed by atoms with van der Waals surface area (Å²) in [5.74, 6) is 0.639. The molecule has 21 heavy (non-hydrogen) atoms. The van der Waals surface area contributed by atoms with Crippen LogP contribution in [0.1, 0.15) is 25.0 Å². The van der Waals surface area contributed by atoms with E-state index in [1.165, 1.54) is 6.07 Å². The fraction of sp³-hybridized carbons (Fsp3) is 0.312. The molecule has 0 atom stereocenters. The Kier molecular flexibility index (Phi) is 5.31. The van der Waals surface area contributed by atoms with Crippen LogP contribution in [0.25, 0.3) is 0 Å². The third kappa shape index (κ3) is 4.51. The van der Waals surface area contributed by atoms with Crippen molar-refractivity contribution in [3.05, 3.63) is 51.9 Å². The van der Waals surface area contributed by atoms with Gasteiger partial charge in [0.2, 0.25) is 5.88 Å². The number of hydrogen-bond acceptors (Lipinski definition) is 3. The minimum Gasteiger partial charge on any atom is -0.439 e. The van der Waals surface area contributed by atoms with E-state index < -0.39 is 0 Å². The second-order valence-corrected chi connectivity index (χ2v) is 6.08. The molecule has 0 aliphatic carbocycles. The Morgan fingerprint density at radius 1 is 1.33 bits per heavy atom. The molecule has 0 bridgehead atoms. The van der Waals surface area contributed by atoms with Crippen LogP contribution in [0.4, 0.5) is 4.39 Å². The van der Waals surface area contributed by atoms with Crippen molar-refractivity contribution in [1.29, 1.82) is 0 Å². The lowest BCUT2D eigenvalue weighted by molar-refractivity contribution is 0.445. The highest BCUT2D eigenvalue weighted by molar-refractivity contribution is 9.10. The number of nitrogens with zero attached hydrogens (tertiary/aromatic N) is 1. The zero-order valence-corrected chi connectivity index (χ0v) is 13.9. The summed E-state index contributed by atoms with van der Waals surface area (Å²) in [4.78, 5) is 4.27. The molecule has 0 saturated carbocycles. The minimum absolute atomic E-state index is 0.286. The number of nitrogens with one attached hydrogen (secondary N) is 1. The van der Waals surface area contributed by atoms with Gasteiger partial charge in [0.25, 0.3) is 0 Å². The van der Waals surface area contributed by atoms with Crippen molar-refractivity contribution >= 4 is 15.9 Å². The van der Waals surface area contributed by atoms with Crippen molar-refractivity contribution in [3.63, 3.8) is 0 Å². The van der Waals surface area contributed by atoms with E-state index in [1.54, 1.807) is 25.3 Å². The highest BCUT2D eigenvalue weighted by atomic mass is 79.9. The molecule has 1 N–H and O–H groups in total. The molecule has 0 aliphatic heterocycles. The Bertz CT molecular complexity index is 632. The van der Waals surface area contributed by atoms with Crippen molar-refractivity contribution in [1.82, 2.24) is 10.3 Å². The van der Waals surface area contributed by atoms with Crippen LogP contribution in [-0.4, -0.2) is 11.0 Å². The second-order valence-electron chi connectivity index (χ2n) is 5.17. The van der Waals surface area contributed by atoms with Crippen LogP contribution in [0.3, 0.4) is 0 Å². The summed E-state index contributed by atoms with van der Waals surface area (Å²) in [7, 11) is 0. The molecule has 0 radical (unpaired) electrons. The van der Waals surface area contributed by atoms with Gasteiger partial charge in [-0.05, 0) is 40.5 Å². The molecule has 1 aromatic heterocycles. The van der Waals surface area contributed by atoms with Gasteiger partial charge in [-0.25, -0.2) is 9.37 Å². The molecule has 0 saturated heterocycles. The maximum absolute atomic E-state index is 13.6. The molecule has 0 spiro atoms. The van der Waals surface area contributed by atoms with Crippen molar-refractivity contribution in [3.8, 4) is 11.6 Å². The molecular weight excluding hydrogens is 335 g/mol.